The number of epoxide rings is 2. The second kappa shape index (κ2) is 14.0. The summed E-state index contributed by atoms with van der Waals surface area (Å²) in [5.41, 5.74) is -3.12. The van der Waals surface area contributed by atoms with E-state index in [1.54, 1.807) is 60.7 Å². The molecule has 2 aliphatic heterocycles. The van der Waals surface area contributed by atoms with Crippen LogP contribution in [0.5, 0.6) is 0 Å². The van der Waals surface area contributed by atoms with Gasteiger partial charge in [0.05, 0.1) is 23.1 Å². The number of carboxylic acid groups (broad SMARTS) is 2. The molecule has 13 heteroatoms. The minimum Gasteiger partial charge on any atom is -0.547 e. The summed E-state index contributed by atoms with van der Waals surface area (Å²) in [5, 5.41) is 23.0. The van der Waals surface area contributed by atoms with E-state index in [4.69, 9.17) is 9.47 Å². The van der Waals surface area contributed by atoms with Gasteiger partial charge in [0, 0.05) is 12.8 Å². The third-order valence-electron chi connectivity index (χ3n) is 7.73. The van der Waals surface area contributed by atoms with Crippen LogP contribution in [0.25, 0.3) is 0 Å². The first-order chi connectivity index (χ1) is 21.7. The predicted molar refractivity (Wildman–Crippen MR) is 152 cm³/mol. The Morgan fingerprint density at radius 1 is 0.574 bits per heavy atom. The number of ether oxygens (including phenoxy) is 2. The van der Waals surface area contributed by atoms with Crippen LogP contribution in [0.4, 0.5) is 26.3 Å². The van der Waals surface area contributed by atoms with Gasteiger partial charge in [0.25, 0.3) is 0 Å². The van der Waals surface area contributed by atoms with Gasteiger partial charge in [0.2, 0.25) is 0 Å². The van der Waals surface area contributed by atoms with Gasteiger partial charge in [-0.05, 0) is 46.5 Å². The minimum absolute atomic E-state index is 0. The summed E-state index contributed by atoms with van der Waals surface area (Å²) >= 11 is 0. The summed E-state index contributed by atoms with van der Waals surface area (Å²) in [6, 6.07) is 26.5. The van der Waals surface area contributed by atoms with Gasteiger partial charge in [-0.1, -0.05) is 84.9 Å². The van der Waals surface area contributed by atoms with E-state index in [0.717, 1.165) is 24.3 Å². The maximum atomic E-state index is 12.8. The van der Waals surface area contributed by atoms with E-state index in [9.17, 15) is 46.1 Å². The van der Waals surface area contributed by atoms with Gasteiger partial charge >= 0.3 is 50.1 Å². The van der Waals surface area contributed by atoms with E-state index >= 15 is 0 Å². The number of rotatable bonds is 8. The maximum Gasteiger partial charge on any atom is 2.00 e. The number of carbonyl (C=O) groups is 2. The maximum absolute atomic E-state index is 12.8. The topological polar surface area (TPSA) is 105 Å². The molecule has 0 aliphatic carbocycles. The van der Waals surface area contributed by atoms with Gasteiger partial charge in [0.1, 0.15) is 23.4 Å². The second-order valence-electron chi connectivity index (χ2n) is 10.9. The molecule has 0 bridgehead atoms. The van der Waals surface area contributed by atoms with Crippen LogP contribution in [-0.2, 0) is 44.3 Å². The number of carbonyl (C=O) groups excluding carboxylic acids is 2. The zero-order chi connectivity index (χ0) is 33.3. The quantitative estimate of drug-likeness (QED) is 0.153. The van der Waals surface area contributed by atoms with Crippen molar-refractivity contribution in [1.82, 2.24) is 0 Å². The van der Waals surface area contributed by atoms with Crippen LogP contribution in [0, 0.1) is 0 Å². The average molecular weight is 683 g/mol. The van der Waals surface area contributed by atoms with Crippen LogP contribution in [-0.4, -0.2) is 60.9 Å². The molecule has 4 aromatic rings. The molecule has 0 N–H and O–H groups in total. The zero-order valence-electron chi connectivity index (χ0n) is 24.4. The molecule has 2 heterocycles. The van der Waals surface area contributed by atoms with Gasteiger partial charge in [-0.3, -0.25) is 0 Å². The predicted octanol–water partition coefficient (Wildman–Crippen LogP) is 4.64. The monoisotopic (exact) mass is 682 g/mol. The molecule has 0 aromatic heterocycles. The van der Waals surface area contributed by atoms with Gasteiger partial charge in [0.15, 0.2) is 0 Å². The summed E-state index contributed by atoms with van der Waals surface area (Å²) in [7, 11) is 0. The standard InChI is InChI=1S/2C17H13F3O3.Ca/c2*18-17(19,20)13-8-4-7-12(9-13)14-16(23-14,15(21)22)10-11-5-2-1-3-6-11;/h2*1-9,14H,10H2,(H,21,22);/q;;+2/p-2. The van der Waals surface area contributed by atoms with Crippen molar-refractivity contribution in [3.8, 4) is 0 Å². The summed E-state index contributed by atoms with van der Waals surface area (Å²) < 4.78 is 87.3. The number of benzene rings is 4. The normalized spacial score (nSPS) is 23.0. The van der Waals surface area contributed by atoms with Gasteiger partial charge < -0.3 is 29.3 Å². The smallest absolute Gasteiger partial charge is 0.547 e. The third kappa shape index (κ3) is 8.18. The molecule has 0 radical (unpaired) electrons. The summed E-state index contributed by atoms with van der Waals surface area (Å²) in [5.74, 6) is -2.85. The van der Waals surface area contributed by atoms with Crippen molar-refractivity contribution in [3.05, 3.63) is 143 Å². The molecule has 4 atom stereocenters. The fourth-order valence-corrected chi connectivity index (χ4v) is 5.30. The fraction of sp³-hybridized carbons (Fsp3) is 0.235. The van der Waals surface area contributed by atoms with E-state index in [1.165, 1.54) is 24.3 Å². The first-order valence-corrected chi connectivity index (χ1v) is 13.9. The molecule has 2 aliphatic rings. The Labute approximate surface area is 294 Å². The molecule has 0 amide bonds. The van der Waals surface area contributed by atoms with Crippen LogP contribution in [0.3, 0.4) is 0 Å². The van der Waals surface area contributed by atoms with Crippen molar-refractivity contribution in [3.63, 3.8) is 0 Å². The Hall–Kier alpha value is -3.42. The van der Waals surface area contributed by atoms with Crippen molar-refractivity contribution >= 4 is 49.7 Å². The number of alkyl halides is 6. The van der Waals surface area contributed by atoms with Crippen molar-refractivity contribution in [2.45, 2.75) is 48.6 Å². The summed E-state index contributed by atoms with van der Waals surface area (Å²) in [6.45, 7) is 0. The molecule has 4 unspecified atom stereocenters. The number of hydrogen-bond donors (Lipinski definition) is 0. The fourth-order valence-electron chi connectivity index (χ4n) is 5.30. The van der Waals surface area contributed by atoms with Crippen molar-refractivity contribution in [1.29, 1.82) is 0 Å². The summed E-state index contributed by atoms with van der Waals surface area (Å²) in [4.78, 5) is 23.0. The largest absolute Gasteiger partial charge is 2.00 e. The number of hydrogen-bond acceptors (Lipinski definition) is 6. The van der Waals surface area contributed by atoms with Gasteiger partial charge in [-0.15, -0.1) is 0 Å². The van der Waals surface area contributed by atoms with Gasteiger partial charge in [-0.25, -0.2) is 0 Å². The number of carboxylic acids is 2. The second-order valence-corrected chi connectivity index (χ2v) is 10.9. The molecule has 2 saturated heterocycles. The van der Waals surface area contributed by atoms with Crippen molar-refractivity contribution < 1.29 is 55.6 Å². The first-order valence-electron chi connectivity index (χ1n) is 13.9. The zero-order valence-corrected chi connectivity index (χ0v) is 26.6. The van der Waals surface area contributed by atoms with Crippen LogP contribution in [0.2, 0.25) is 0 Å². The van der Waals surface area contributed by atoms with Crippen LogP contribution < -0.4 is 10.2 Å². The van der Waals surface area contributed by atoms with Gasteiger partial charge in [-0.2, -0.15) is 26.3 Å². The molecular formula is C34H24CaF6O6. The van der Waals surface area contributed by atoms with Crippen LogP contribution in [0.1, 0.15) is 45.6 Å². The van der Waals surface area contributed by atoms with E-state index < -0.39 is 58.8 Å². The number of aliphatic carboxylic acids is 2. The Morgan fingerprint density at radius 3 is 1.21 bits per heavy atom. The Kier molecular flexibility index (Phi) is 10.8. The van der Waals surface area contributed by atoms with E-state index in [1.807, 2.05) is 0 Å². The summed E-state index contributed by atoms with van der Waals surface area (Å²) in [6.07, 6.45) is -10.8. The Morgan fingerprint density at radius 2 is 0.915 bits per heavy atom. The molecule has 6 nitrogen and oxygen atoms in total. The van der Waals surface area contributed by atoms with E-state index in [-0.39, 0.29) is 61.7 Å². The van der Waals surface area contributed by atoms with E-state index in [0.29, 0.717) is 11.1 Å². The Balaban J connectivity index is 0.000000208. The van der Waals surface area contributed by atoms with Crippen LogP contribution >= 0.6 is 0 Å². The molecule has 0 saturated carbocycles. The average Bonchev–Trinajstić information content (AvgIpc) is 3.93. The molecule has 6 rings (SSSR count). The van der Waals surface area contributed by atoms with Crippen LogP contribution in [0.15, 0.2) is 109 Å². The molecular weight excluding hydrogens is 658 g/mol. The molecule has 4 aromatic carbocycles. The molecule has 240 valence electrons. The first kappa shape index (κ1) is 36.4. The number of halogens is 6. The van der Waals surface area contributed by atoms with E-state index in [2.05, 4.69) is 0 Å². The SMILES string of the molecule is O=C([O-])C1(Cc2ccccc2)OC1c1cccc(C(F)(F)F)c1.O=C([O-])C1(Cc2ccccc2)OC1c1cccc(C(F)(F)F)c1.[Ca+2]. The molecule has 0 spiro atoms. The molecule has 2 fully saturated rings. The molecule has 47 heavy (non-hydrogen) atoms. The Bertz CT molecular complexity index is 1590. The minimum atomic E-state index is -4.49. The van der Waals surface area contributed by atoms with Crippen molar-refractivity contribution in [2.24, 2.45) is 0 Å². The van der Waals surface area contributed by atoms with Crippen molar-refractivity contribution in [2.75, 3.05) is 0 Å². The third-order valence-corrected chi connectivity index (χ3v) is 7.73.